The highest BCUT2D eigenvalue weighted by Crippen LogP contribution is 2.32. The van der Waals surface area contributed by atoms with Gasteiger partial charge in [-0.1, -0.05) is 12.1 Å². The Morgan fingerprint density at radius 2 is 1.87 bits per heavy atom. The Hall–Kier alpha value is -3.33. The molecule has 1 saturated heterocycles. The highest BCUT2D eigenvalue weighted by Gasteiger charge is 2.30. The van der Waals surface area contributed by atoms with Crippen LogP contribution in [0.4, 0.5) is 24.7 Å². The largest absolute Gasteiger partial charge is 0.451 e. The lowest BCUT2D eigenvalue weighted by molar-refractivity contribution is -0.137. The van der Waals surface area contributed by atoms with E-state index >= 15 is 0 Å². The Morgan fingerprint density at radius 3 is 2.57 bits per heavy atom. The number of halogens is 3. The fraction of sp³-hybridized carbons (Fsp3) is 0.238. The van der Waals surface area contributed by atoms with E-state index in [1.807, 2.05) is 0 Å². The first kappa shape index (κ1) is 20.0. The quantitative estimate of drug-likeness (QED) is 0.680. The molecule has 1 amide bonds. The van der Waals surface area contributed by atoms with Crippen molar-refractivity contribution in [1.82, 2.24) is 4.98 Å². The predicted molar refractivity (Wildman–Crippen MR) is 104 cm³/mol. The van der Waals surface area contributed by atoms with E-state index in [0.717, 1.165) is 31.0 Å². The van der Waals surface area contributed by atoms with Gasteiger partial charge in [0.2, 0.25) is 0 Å². The Bertz CT molecular complexity index is 1030. The lowest BCUT2D eigenvalue weighted by Crippen LogP contribution is -2.36. The average molecular weight is 417 g/mol. The van der Waals surface area contributed by atoms with Crippen LogP contribution in [0.3, 0.4) is 0 Å². The molecule has 2 aromatic heterocycles. The highest BCUT2D eigenvalue weighted by molar-refractivity contribution is 6.02. The number of carbonyl (C=O) groups is 1. The second kappa shape index (κ2) is 8.19. The van der Waals surface area contributed by atoms with Gasteiger partial charge < -0.3 is 19.4 Å². The van der Waals surface area contributed by atoms with Gasteiger partial charge >= 0.3 is 6.18 Å². The van der Waals surface area contributed by atoms with Crippen molar-refractivity contribution in [3.05, 3.63) is 66.1 Å². The molecule has 156 valence electrons. The number of nitrogens with one attached hydrogen (secondary N) is 1. The van der Waals surface area contributed by atoms with E-state index in [4.69, 9.17) is 9.15 Å². The zero-order chi connectivity index (χ0) is 21.1. The zero-order valence-electron chi connectivity index (χ0n) is 15.8. The Labute approximate surface area is 170 Å². The number of anilines is 2. The number of ether oxygens (including phenoxy) is 1. The minimum Gasteiger partial charge on any atom is -0.451 e. The first-order valence-corrected chi connectivity index (χ1v) is 9.28. The number of morpholine rings is 1. The predicted octanol–water partition coefficient (Wildman–Crippen LogP) is 4.45. The molecule has 0 spiro atoms. The molecule has 1 aliphatic rings. The van der Waals surface area contributed by atoms with Crippen LogP contribution < -0.4 is 10.2 Å². The second-order valence-electron chi connectivity index (χ2n) is 6.70. The van der Waals surface area contributed by atoms with Gasteiger partial charge in [-0.3, -0.25) is 4.79 Å². The van der Waals surface area contributed by atoms with Crippen LogP contribution >= 0.6 is 0 Å². The van der Waals surface area contributed by atoms with Crippen LogP contribution in [-0.2, 0) is 10.9 Å². The maximum absolute atomic E-state index is 12.9. The van der Waals surface area contributed by atoms with E-state index in [-0.39, 0.29) is 17.1 Å². The molecule has 1 aromatic carbocycles. The topological polar surface area (TPSA) is 67.6 Å². The van der Waals surface area contributed by atoms with Gasteiger partial charge in [0.25, 0.3) is 5.91 Å². The number of pyridine rings is 1. The standard InChI is InChI=1S/C21H18F3N3O3/c22-21(23,24)15-3-1-2-14(12-15)17-5-6-18(30-17)20(28)26-16-4-7-19(25-13-16)27-8-10-29-11-9-27/h1-7,12-13H,8-11H2,(H,26,28). The number of alkyl halides is 3. The van der Waals surface area contributed by atoms with Crippen LogP contribution in [0.15, 0.2) is 59.1 Å². The molecular weight excluding hydrogens is 399 g/mol. The van der Waals surface area contributed by atoms with E-state index < -0.39 is 17.6 Å². The van der Waals surface area contributed by atoms with Gasteiger partial charge in [-0.2, -0.15) is 13.2 Å². The molecular formula is C21H18F3N3O3. The van der Waals surface area contributed by atoms with E-state index in [1.54, 1.807) is 18.3 Å². The summed E-state index contributed by atoms with van der Waals surface area (Å²) in [7, 11) is 0. The third kappa shape index (κ3) is 4.46. The summed E-state index contributed by atoms with van der Waals surface area (Å²) in [4.78, 5) is 18.9. The molecule has 30 heavy (non-hydrogen) atoms. The minimum absolute atomic E-state index is 0.0142. The molecule has 3 aromatic rings. The van der Waals surface area contributed by atoms with Crippen LogP contribution in [-0.4, -0.2) is 37.2 Å². The van der Waals surface area contributed by atoms with Crippen LogP contribution in [0.25, 0.3) is 11.3 Å². The first-order valence-electron chi connectivity index (χ1n) is 9.28. The molecule has 0 aliphatic carbocycles. The van der Waals surface area contributed by atoms with Gasteiger partial charge in [0.05, 0.1) is 30.7 Å². The summed E-state index contributed by atoms with van der Waals surface area (Å²) >= 11 is 0. The van der Waals surface area contributed by atoms with Gasteiger partial charge in [0.1, 0.15) is 11.6 Å². The van der Waals surface area contributed by atoms with Crippen molar-refractivity contribution < 1.29 is 27.1 Å². The summed E-state index contributed by atoms with van der Waals surface area (Å²) in [5, 5.41) is 2.67. The molecule has 0 saturated carbocycles. The molecule has 1 N–H and O–H groups in total. The number of nitrogens with zero attached hydrogens (tertiary/aromatic N) is 2. The number of benzene rings is 1. The lowest BCUT2D eigenvalue weighted by atomic mass is 10.1. The maximum Gasteiger partial charge on any atom is 0.416 e. The summed E-state index contributed by atoms with van der Waals surface area (Å²) in [6, 6.07) is 11.2. The SMILES string of the molecule is O=C(Nc1ccc(N2CCOCC2)nc1)c1ccc(-c2cccc(C(F)(F)F)c2)o1. The monoisotopic (exact) mass is 417 g/mol. The number of carbonyl (C=O) groups excluding carboxylic acids is 1. The van der Waals surface area contributed by atoms with Crippen LogP contribution in [0.1, 0.15) is 16.1 Å². The normalized spacial score (nSPS) is 14.6. The van der Waals surface area contributed by atoms with E-state index in [9.17, 15) is 18.0 Å². The van der Waals surface area contributed by atoms with Crippen LogP contribution in [0.2, 0.25) is 0 Å². The fourth-order valence-corrected chi connectivity index (χ4v) is 3.10. The molecule has 4 rings (SSSR count). The van der Waals surface area contributed by atoms with Crippen molar-refractivity contribution in [3.8, 4) is 11.3 Å². The molecule has 0 radical (unpaired) electrons. The third-order valence-electron chi connectivity index (χ3n) is 4.65. The molecule has 6 nitrogen and oxygen atoms in total. The highest BCUT2D eigenvalue weighted by atomic mass is 19.4. The maximum atomic E-state index is 12.9. The third-order valence-corrected chi connectivity index (χ3v) is 4.65. The summed E-state index contributed by atoms with van der Waals surface area (Å²) in [5.41, 5.74) is -0.0664. The second-order valence-corrected chi connectivity index (χ2v) is 6.70. The number of hydrogen-bond donors (Lipinski definition) is 1. The van der Waals surface area contributed by atoms with Gasteiger partial charge in [0, 0.05) is 18.7 Å². The van der Waals surface area contributed by atoms with Crippen molar-refractivity contribution in [2.45, 2.75) is 6.18 Å². The van der Waals surface area contributed by atoms with Gasteiger partial charge in [-0.15, -0.1) is 0 Å². The summed E-state index contributed by atoms with van der Waals surface area (Å²) in [6.07, 6.45) is -2.91. The summed E-state index contributed by atoms with van der Waals surface area (Å²) in [6.45, 7) is 2.80. The van der Waals surface area contributed by atoms with Crippen molar-refractivity contribution >= 4 is 17.4 Å². The molecule has 0 atom stereocenters. The number of hydrogen-bond acceptors (Lipinski definition) is 5. The summed E-state index contributed by atoms with van der Waals surface area (Å²) in [5.74, 6) is 0.432. The Morgan fingerprint density at radius 1 is 1.07 bits per heavy atom. The van der Waals surface area contributed by atoms with E-state index in [2.05, 4.69) is 15.2 Å². The number of rotatable bonds is 4. The summed E-state index contributed by atoms with van der Waals surface area (Å²) < 4.78 is 49.5. The number of amides is 1. The zero-order valence-corrected chi connectivity index (χ0v) is 15.8. The van der Waals surface area contributed by atoms with Crippen molar-refractivity contribution in [1.29, 1.82) is 0 Å². The molecule has 3 heterocycles. The van der Waals surface area contributed by atoms with Crippen molar-refractivity contribution in [2.24, 2.45) is 0 Å². The molecule has 1 aliphatic heterocycles. The molecule has 9 heteroatoms. The van der Waals surface area contributed by atoms with Gasteiger partial charge in [-0.25, -0.2) is 4.98 Å². The van der Waals surface area contributed by atoms with Crippen molar-refractivity contribution in [2.75, 3.05) is 36.5 Å². The van der Waals surface area contributed by atoms with Crippen LogP contribution in [0.5, 0.6) is 0 Å². The smallest absolute Gasteiger partial charge is 0.416 e. The Balaban J connectivity index is 1.44. The van der Waals surface area contributed by atoms with Crippen LogP contribution in [0, 0.1) is 0 Å². The number of furan rings is 1. The first-order chi connectivity index (χ1) is 14.4. The van der Waals surface area contributed by atoms with Gasteiger partial charge in [0.15, 0.2) is 5.76 Å². The fourth-order valence-electron chi connectivity index (χ4n) is 3.10. The van der Waals surface area contributed by atoms with E-state index in [1.165, 1.54) is 24.3 Å². The Kier molecular flexibility index (Phi) is 5.45. The lowest BCUT2D eigenvalue weighted by Gasteiger charge is -2.27. The van der Waals surface area contributed by atoms with Crippen molar-refractivity contribution in [3.63, 3.8) is 0 Å². The molecule has 0 unspecified atom stereocenters. The minimum atomic E-state index is -4.46. The number of aromatic nitrogens is 1. The van der Waals surface area contributed by atoms with E-state index in [0.29, 0.717) is 18.9 Å². The molecule has 1 fully saturated rings. The molecule has 0 bridgehead atoms. The average Bonchev–Trinajstić information content (AvgIpc) is 3.25. The van der Waals surface area contributed by atoms with Gasteiger partial charge in [-0.05, 0) is 36.4 Å².